The van der Waals surface area contributed by atoms with Gasteiger partial charge in [-0.1, -0.05) is 0 Å². The maximum Gasteiger partial charge on any atom is 0.324 e. The van der Waals surface area contributed by atoms with E-state index in [0.29, 0.717) is 5.69 Å². The highest BCUT2D eigenvalue weighted by molar-refractivity contribution is 5.99. The molecule has 2 rings (SSSR count). The normalized spacial score (nSPS) is 9.80. The Hall–Kier alpha value is -3.23. The summed E-state index contributed by atoms with van der Waals surface area (Å²) < 4.78 is 0. The van der Waals surface area contributed by atoms with Gasteiger partial charge in [0, 0.05) is 23.9 Å². The molecule has 0 saturated carbocycles. The van der Waals surface area contributed by atoms with E-state index < -0.39 is 11.0 Å². The van der Waals surface area contributed by atoms with Gasteiger partial charge in [0.2, 0.25) is 0 Å². The number of aromatic nitrogens is 2. The highest BCUT2D eigenvalue weighted by Gasteiger charge is 2.07. The van der Waals surface area contributed by atoms with Gasteiger partial charge in [0.1, 0.15) is 0 Å². The zero-order valence-electron chi connectivity index (χ0n) is 9.99. The molecular weight excluding hydrogens is 266 g/mol. The lowest BCUT2D eigenvalue weighted by atomic mass is 10.3. The molecule has 0 radical (unpaired) electrons. The van der Waals surface area contributed by atoms with E-state index in [1.807, 2.05) is 0 Å². The molecule has 3 N–H and O–H groups in total. The summed E-state index contributed by atoms with van der Waals surface area (Å²) in [5.41, 5.74) is -0.0675. The molecule has 0 atom stereocenters. The van der Waals surface area contributed by atoms with Crippen molar-refractivity contribution in [2.75, 3.05) is 10.6 Å². The number of aromatic amines is 1. The summed E-state index contributed by atoms with van der Waals surface area (Å²) in [5, 5.41) is 21.1. The topological polar surface area (TPSA) is 130 Å². The van der Waals surface area contributed by atoms with Gasteiger partial charge in [0.15, 0.2) is 5.82 Å². The second kappa shape index (κ2) is 5.61. The van der Waals surface area contributed by atoms with Crippen molar-refractivity contribution in [3.63, 3.8) is 0 Å². The number of hydrogen-bond acceptors (Lipinski definition) is 5. The number of non-ortho nitro benzene ring substituents is 1. The van der Waals surface area contributed by atoms with Crippen LogP contribution in [0.25, 0.3) is 0 Å². The number of amides is 2. The number of hydrogen-bond donors (Lipinski definition) is 3. The Morgan fingerprint density at radius 3 is 2.40 bits per heavy atom. The molecule has 9 nitrogen and oxygen atoms in total. The van der Waals surface area contributed by atoms with E-state index in [0.717, 1.165) is 0 Å². The van der Waals surface area contributed by atoms with E-state index in [4.69, 9.17) is 0 Å². The third kappa shape index (κ3) is 3.38. The second-order valence-corrected chi connectivity index (χ2v) is 3.69. The number of carbonyl (C=O) groups excluding carboxylic acids is 1. The summed E-state index contributed by atoms with van der Waals surface area (Å²) in [6, 6.07) is 7.32. The van der Waals surface area contributed by atoms with Crippen molar-refractivity contribution >= 4 is 23.2 Å². The summed E-state index contributed by atoms with van der Waals surface area (Å²) in [6.45, 7) is 0. The van der Waals surface area contributed by atoms with E-state index in [2.05, 4.69) is 20.8 Å². The van der Waals surface area contributed by atoms with Crippen molar-refractivity contribution in [3.8, 4) is 0 Å². The minimum atomic E-state index is -0.585. The number of H-pyrrole nitrogens is 1. The number of urea groups is 1. The third-order valence-electron chi connectivity index (χ3n) is 2.26. The first kappa shape index (κ1) is 13.2. The molecule has 0 aliphatic heterocycles. The maximum atomic E-state index is 11.6. The fourth-order valence-corrected chi connectivity index (χ4v) is 1.36. The van der Waals surface area contributed by atoms with Gasteiger partial charge >= 0.3 is 6.03 Å². The van der Waals surface area contributed by atoms with Crippen LogP contribution in [0.4, 0.5) is 22.0 Å². The fourth-order valence-electron chi connectivity index (χ4n) is 1.36. The minimum absolute atomic E-state index is 0.0711. The van der Waals surface area contributed by atoms with E-state index in [-0.39, 0.29) is 17.1 Å². The first-order valence-corrected chi connectivity index (χ1v) is 5.43. The quantitative estimate of drug-likeness (QED) is 0.574. The highest BCUT2D eigenvalue weighted by Crippen LogP contribution is 2.15. The molecule has 9 heteroatoms. The van der Waals surface area contributed by atoms with Crippen LogP contribution >= 0.6 is 0 Å². The average molecular weight is 275 g/mol. The maximum absolute atomic E-state index is 11.6. The molecule has 0 spiro atoms. The van der Waals surface area contributed by atoms with E-state index in [1.54, 1.807) is 0 Å². The van der Waals surface area contributed by atoms with Gasteiger partial charge in [-0.25, -0.2) is 9.89 Å². The van der Waals surface area contributed by atoms with Gasteiger partial charge in [-0.2, -0.15) is 5.10 Å². The van der Waals surface area contributed by atoms with E-state index >= 15 is 0 Å². The third-order valence-corrected chi connectivity index (χ3v) is 2.26. The molecular formula is C11H9N5O4. The molecule has 1 aromatic heterocycles. The van der Waals surface area contributed by atoms with Crippen LogP contribution in [0.1, 0.15) is 0 Å². The molecule has 0 unspecified atom stereocenters. The molecule has 2 amide bonds. The molecule has 0 fully saturated rings. The zero-order chi connectivity index (χ0) is 14.5. The molecule has 2 aromatic rings. The number of nitrogens with one attached hydrogen (secondary N) is 3. The SMILES string of the molecule is O=C(Nc1ccc([N+](=O)[O-])cc1)Nc1ccc(=O)[nH]n1. The fraction of sp³-hybridized carbons (Fsp3) is 0. The molecule has 20 heavy (non-hydrogen) atoms. The molecule has 1 aromatic carbocycles. The van der Waals surface area contributed by atoms with E-state index in [1.165, 1.54) is 36.4 Å². The Balaban J connectivity index is 1.99. The first-order chi connectivity index (χ1) is 9.54. The molecule has 0 aliphatic rings. The number of anilines is 2. The first-order valence-electron chi connectivity index (χ1n) is 5.43. The van der Waals surface area contributed by atoms with Gasteiger partial charge in [-0.05, 0) is 18.2 Å². The van der Waals surface area contributed by atoms with Crippen LogP contribution in [0.3, 0.4) is 0 Å². The lowest BCUT2D eigenvalue weighted by Gasteiger charge is -2.06. The summed E-state index contributed by atoms with van der Waals surface area (Å²) in [6.07, 6.45) is 0. The van der Waals surface area contributed by atoms with Crippen molar-refractivity contribution < 1.29 is 9.72 Å². The number of nitro benzene ring substituents is 1. The van der Waals surface area contributed by atoms with Crippen LogP contribution in [0.2, 0.25) is 0 Å². The van der Waals surface area contributed by atoms with Crippen LogP contribution in [0, 0.1) is 10.1 Å². The Bertz CT molecular complexity index is 674. The molecule has 0 saturated heterocycles. The van der Waals surface area contributed by atoms with Crippen LogP contribution in [0.15, 0.2) is 41.2 Å². The average Bonchev–Trinajstić information content (AvgIpc) is 2.42. The summed E-state index contributed by atoms with van der Waals surface area (Å²) >= 11 is 0. The molecule has 1 heterocycles. The lowest BCUT2D eigenvalue weighted by molar-refractivity contribution is -0.384. The van der Waals surface area contributed by atoms with Gasteiger partial charge in [0.25, 0.3) is 11.2 Å². The zero-order valence-corrected chi connectivity index (χ0v) is 9.99. The Labute approximate surface area is 111 Å². The number of carbonyl (C=O) groups is 1. The number of benzene rings is 1. The monoisotopic (exact) mass is 275 g/mol. The molecule has 0 bridgehead atoms. The van der Waals surface area contributed by atoms with Crippen LogP contribution < -0.4 is 16.2 Å². The number of rotatable bonds is 3. The van der Waals surface area contributed by atoms with Crippen molar-refractivity contribution in [3.05, 3.63) is 56.9 Å². The molecule has 102 valence electrons. The minimum Gasteiger partial charge on any atom is -0.308 e. The van der Waals surface area contributed by atoms with Crippen molar-refractivity contribution in [1.82, 2.24) is 10.2 Å². The largest absolute Gasteiger partial charge is 0.324 e. The predicted molar refractivity (Wildman–Crippen MR) is 70.6 cm³/mol. The second-order valence-electron chi connectivity index (χ2n) is 3.69. The number of nitro groups is 1. The van der Waals surface area contributed by atoms with Crippen LogP contribution in [-0.2, 0) is 0 Å². The van der Waals surface area contributed by atoms with Crippen molar-refractivity contribution in [1.29, 1.82) is 0 Å². The van der Waals surface area contributed by atoms with Crippen molar-refractivity contribution in [2.45, 2.75) is 0 Å². The Morgan fingerprint density at radius 1 is 1.15 bits per heavy atom. The summed E-state index contributed by atoms with van der Waals surface area (Å²) in [5.74, 6) is 0.170. The predicted octanol–water partition coefficient (Wildman–Crippen LogP) is 1.32. The smallest absolute Gasteiger partial charge is 0.308 e. The highest BCUT2D eigenvalue weighted by atomic mass is 16.6. The summed E-state index contributed by atoms with van der Waals surface area (Å²) in [4.78, 5) is 32.3. The van der Waals surface area contributed by atoms with Gasteiger partial charge in [-0.3, -0.25) is 20.2 Å². The van der Waals surface area contributed by atoms with Gasteiger partial charge in [0.05, 0.1) is 4.92 Å². The Kier molecular flexibility index (Phi) is 3.70. The standard InChI is InChI=1S/C11H9N5O4/c17-10-6-5-9(14-15-10)13-11(18)12-7-1-3-8(4-2-7)16(19)20/h1-6H,(H,15,17)(H2,12,13,14,18). The van der Waals surface area contributed by atoms with Crippen LogP contribution in [0.5, 0.6) is 0 Å². The lowest BCUT2D eigenvalue weighted by Crippen LogP contribution is -2.21. The van der Waals surface area contributed by atoms with Crippen LogP contribution in [-0.4, -0.2) is 21.2 Å². The van der Waals surface area contributed by atoms with Gasteiger partial charge < -0.3 is 5.32 Å². The Morgan fingerprint density at radius 2 is 1.85 bits per heavy atom. The van der Waals surface area contributed by atoms with Gasteiger partial charge in [-0.15, -0.1) is 0 Å². The van der Waals surface area contributed by atoms with E-state index in [9.17, 15) is 19.7 Å². The molecule has 0 aliphatic carbocycles. The summed E-state index contributed by atoms with van der Waals surface area (Å²) in [7, 11) is 0. The van der Waals surface area contributed by atoms with Crippen molar-refractivity contribution in [2.24, 2.45) is 0 Å². The number of nitrogens with zero attached hydrogens (tertiary/aromatic N) is 2.